The molecule has 0 aliphatic carbocycles. The van der Waals surface area contributed by atoms with Crippen molar-refractivity contribution in [2.45, 2.75) is 13.3 Å². The molecule has 0 radical (unpaired) electrons. The van der Waals surface area contributed by atoms with E-state index in [1.807, 2.05) is 11.9 Å². The van der Waals surface area contributed by atoms with Gasteiger partial charge in [-0.1, -0.05) is 29.3 Å². The summed E-state index contributed by atoms with van der Waals surface area (Å²) in [5.74, 6) is -0.236. The van der Waals surface area contributed by atoms with Crippen LogP contribution in [0.2, 0.25) is 10.0 Å². The Hall–Kier alpha value is -1.56. The van der Waals surface area contributed by atoms with Crippen molar-refractivity contribution in [1.82, 2.24) is 4.90 Å². The van der Waals surface area contributed by atoms with Gasteiger partial charge in [-0.2, -0.15) is 0 Å². The average Bonchev–Trinajstić information content (AvgIpc) is 2.51. The summed E-state index contributed by atoms with van der Waals surface area (Å²) in [6.45, 7) is 3.34. The van der Waals surface area contributed by atoms with Gasteiger partial charge in [0.2, 0.25) is 0 Å². The van der Waals surface area contributed by atoms with Crippen LogP contribution in [0.15, 0.2) is 29.5 Å². The molecule has 7 heteroatoms. The largest absolute Gasteiger partial charge is 0.510 e. The first-order valence-electron chi connectivity index (χ1n) is 7.05. The molecule has 0 unspecified atom stereocenters. The fourth-order valence-electron chi connectivity index (χ4n) is 1.90. The minimum Gasteiger partial charge on any atom is -0.510 e. The molecule has 5 nitrogen and oxygen atoms in total. The summed E-state index contributed by atoms with van der Waals surface area (Å²) in [6, 6.07) is 4.73. The summed E-state index contributed by atoms with van der Waals surface area (Å²) < 4.78 is 4.81. The fourth-order valence-corrected chi connectivity index (χ4v) is 2.21. The van der Waals surface area contributed by atoms with Gasteiger partial charge in [-0.25, -0.2) is 4.79 Å². The predicted octanol–water partition coefficient (Wildman–Crippen LogP) is 3.50. The summed E-state index contributed by atoms with van der Waals surface area (Å²) in [5, 5.41) is 10.3. The smallest absolute Gasteiger partial charge is 0.337 e. The molecule has 1 aromatic carbocycles. The summed E-state index contributed by atoms with van der Waals surface area (Å²) in [6.07, 6.45) is 1.30. The van der Waals surface area contributed by atoms with Gasteiger partial charge >= 0.3 is 5.97 Å². The lowest BCUT2D eigenvalue weighted by atomic mass is 10.1. The van der Waals surface area contributed by atoms with E-state index in [-0.39, 0.29) is 11.7 Å². The van der Waals surface area contributed by atoms with Gasteiger partial charge in [0.25, 0.3) is 0 Å². The third kappa shape index (κ3) is 6.22. The van der Waals surface area contributed by atoms with Gasteiger partial charge in [0.05, 0.1) is 28.8 Å². The zero-order chi connectivity index (χ0) is 17.4. The van der Waals surface area contributed by atoms with Gasteiger partial charge in [0.1, 0.15) is 12.0 Å². The van der Waals surface area contributed by atoms with Crippen molar-refractivity contribution >= 4 is 35.5 Å². The van der Waals surface area contributed by atoms with Crippen LogP contribution < -0.4 is 0 Å². The van der Waals surface area contributed by atoms with E-state index in [2.05, 4.69) is 0 Å². The lowest BCUT2D eigenvalue weighted by Crippen LogP contribution is -2.30. The number of hydrogen-bond donors (Lipinski definition) is 1. The molecule has 0 fully saturated rings. The molecule has 1 heterocycles. The zero-order valence-electron chi connectivity index (χ0n) is 13.0. The standard InChI is InChI=1S/C9H15NO3.C7H4Cl2O/c1-3-13-9(12)7-4-5-10(2)6-8(7)11;8-6-2-1-5(4-10)3-7(6)9/h11H,3-6H2,1-2H3;1-4H. The van der Waals surface area contributed by atoms with E-state index < -0.39 is 0 Å². The molecular weight excluding hydrogens is 341 g/mol. The molecular formula is C16H19Cl2NO4. The van der Waals surface area contributed by atoms with E-state index >= 15 is 0 Å². The maximum absolute atomic E-state index is 11.3. The second-order valence-corrected chi connectivity index (χ2v) is 5.74. The highest BCUT2D eigenvalue weighted by Gasteiger charge is 2.21. The third-order valence-electron chi connectivity index (χ3n) is 3.11. The van der Waals surface area contributed by atoms with Crippen LogP contribution in [-0.4, -0.2) is 49.0 Å². The van der Waals surface area contributed by atoms with Gasteiger partial charge in [-0.15, -0.1) is 0 Å². The molecule has 1 aliphatic heterocycles. The number of esters is 1. The number of carbonyl (C=O) groups excluding carboxylic acids is 2. The Morgan fingerprint density at radius 3 is 2.61 bits per heavy atom. The number of likely N-dealkylation sites (N-methyl/N-ethyl adjacent to an activating group) is 1. The van der Waals surface area contributed by atoms with Crippen LogP contribution in [0.25, 0.3) is 0 Å². The molecule has 126 valence electrons. The normalized spacial score (nSPS) is 14.8. The van der Waals surface area contributed by atoms with E-state index in [9.17, 15) is 14.7 Å². The molecule has 2 rings (SSSR count). The van der Waals surface area contributed by atoms with Crippen molar-refractivity contribution in [2.75, 3.05) is 26.7 Å². The highest BCUT2D eigenvalue weighted by atomic mass is 35.5. The number of halogens is 2. The topological polar surface area (TPSA) is 66.8 Å². The fraction of sp³-hybridized carbons (Fsp3) is 0.375. The van der Waals surface area contributed by atoms with Crippen LogP contribution in [0.1, 0.15) is 23.7 Å². The van der Waals surface area contributed by atoms with E-state index in [4.69, 9.17) is 27.9 Å². The first-order valence-corrected chi connectivity index (χ1v) is 7.81. The minimum atomic E-state index is -0.381. The van der Waals surface area contributed by atoms with Gasteiger partial charge in [0, 0.05) is 12.1 Å². The Labute approximate surface area is 145 Å². The SMILES string of the molecule is CCOC(=O)C1=C(O)CN(C)CC1.O=Cc1ccc(Cl)c(Cl)c1. The molecule has 1 N–H and O–H groups in total. The second-order valence-electron chi connectivity index (χ2n) is 4.92. The Bertz CT molecular complexity index is 602. The number of nitrogens with zero attached hydrogens (tertiary/aromatic N) is 1. The average molecular weight is 360 g/mol. The number of rotatable bonds is 3. The van der Waals surface area contributed by atoms with Crippen LogP contribution in [-0.2, 0) is 9.53 Å². The van der Waals surface area contributed by atoms with E-state index in [0.29, 0.717) is 40.8 Å². The number of aldehydes is 1. The Morgan fingerprint density at radius 2 is 2.09 bits per heavy atom. The summed E-state index contributed by atoms with van der Waals surface area (Å²) in [7, 11) is 1.90. The van der Waals surface area contributed by atoms with E-state index in [1.54, 1.807) is 19.1 Å². The van der Waals surface area contributed by atoms with Crippen molar-refractivity contribution < 1.29 is 19.4 Å². The first-order chi connectivity index (χ1) is 10.9. The summed E-state index contributed by atoms with van der Waals surface area (Å²) in [5.41, 5.74) is 0.967. The highest BCUT2D eigenvalue weighted by molar-refractivity contribution is 6.42. The van der Waals surface area contributed by atoms with Gasteiger partial charge < -0.3 is 9.84 Å². The van der Waals surface area contributed by atoms with Crippen LogP contribution in [0.5, 0.6) is 0 Å². The number of aliphatic hydroxyl groups is 1. The maximum atomic E-state index is 11.3. The van der Waals surface area contributed by atoms with E-state index in [0.717, 1.165) is 12.8 Å². The molecule has 0 saturated heterocycles. The summed E-state index contributed by atoms with van der Waals surface area (Å²) >= 11 is 11.2. The van der Waals surface area contributed by atoms with Gasteiger partial charge in [0.15, 0.2) is 0 Å². The minimum absolute atomic E-state index is 0.146. The zero-order valence-corrected chi connectivity index (χ0v) is 14.5. The molecule has 23 heavy (non-hydrogen) atoms. The van der Waals surface area contributed by atoms with Crippen molar-refractivity contribution in [2.24, 2.45) is 0 Å². The maximum Gasteiger partial charge on any atom is 0.337 e. The summed E-state index contributed by atoms with van der Waals surface area (Å²) in [4.78, 5) is 23.4. The number of benzene rings is 1. The Balaban J connectivity index is 0.000000238. The quantitative estimate of drug-likeness (QED) is 0.660. The van der Waals surface area contributed by atoms with E-state index in [1.165, 1.54) is 6.07 Å². The van der Waals surface area contributed by atoms with Crippen LogP contribution in [0.4, 0.5) is 0 Å². The molecule has 0 aromatic heterocycles. The predicted molar refractivity (Wildman–Crippen MR) is 90.3 cm³/mol. The van der Waals surface area contributed by atoms with Gasteiger partial charge in [-0.05, 0) is 32.5 Å². The molecule has 0 saturated carbocycles. The molecule has 0 amide bonds. The number of ether oxygens (including phenoxy) is 1. The monoisotopic (exact) mass is 359 g/mol. The Morgan fingerprint density at radius 1 is 1.39 bits per heavy atom. The van der Waals surface area contributed by atoms with Crippen LogP contribution in [0, 0.1) is 0 Å². The number of hydrogen-bond acceptors (Lipinski definition) is 5. The number of aliphatic hydroxyl groups excluding tert-OH is 1. The Kier molecular flexibility index (Phi) is 8.09. The van der Waals surface area contributed by atoms with Crippen molar-refractivity contribution in [1.29, 1.82) is 0 Å². The lowest BCUT2D eigenvalue weighted by Gasteiger charge is -2.23. The second kappa shape index (κ2) is 9.55. The third-order valence-corrected chi connectivity index (χ3v) is 3.85. The molecule has 1 aromatic rings. The first kappa shape index (κ1) is 19.5. The molecule has 0 spiro atoms. The van der Waals surface area contributed by atoms with Crippen molar-refractivity contribution in [3.05, 3.63) is 45.1 Å². The molecule has 0 atom stereocenters. The molecule has 0 bridgehead atoms. The van der Waals surface area contributed by atoms with Gasteiger partial charge in [-0.3, -0.25) is 9.69 Å². The van der Waals surface area contributed by atoms with Crippen LogP contribution >= 0.6 is 23.2 Å². The highest BCUT2D eigenvalue weighted by Crippen LogP contribution is 2.21. The van der Waals surface area contributed by atoms with Crippen molar-refractivity contribution in [3.63, 3.8) is 0 Å². The number of carbonyl (C=O) groups is 2. The lowest BCUT2D eigenvalue weighted by molar-refractivity contribution is -0.139. The van der Waals surface area contributed by atoms with Crippen LogP contribution in [0.3, 0.4) is 0 Å². The molecule has 1 aliphatic rings. The van der Waals surface area contributed by atoms with Crippen molar-refractivity contribution in [3.8, 4) is 0 Å².